The number of carbonyl (C=O) groups excluding carboxylic acids is 2. The molecule has 10 heteroatoms. The number of carboxylic acid groups (broad SMARTS) is 1. The molecule has 3 aromatic carbocycles. The van der Waals surface area contributed by atoms with Crippen LogP contribution in [0, 0.1) is 6.92 Å². The molecule has 0 bridgehead atoms. The number of rotatable bonds is 11. The predicted octanol–water partition coefficient (Wildman–Crippen LogP) is 4.68. The van der Waals surface area contributed by atoms with Gasteiger partial charge >= 0.3 is 11.6 Å². The Bertz CT molecular complexity index is 1810. The summed E-state index contributed by atoms with van der Waals surface area (Å²) in [5, 5.41) is 15.5. The van der Waals surface area contributed by atoms with Gasteiger partial charge in [0.15, 0.2) is 0 Å². The van der Waals surface area contributed by atoms with E-state index in [0.717, 1.165) is 22.1 Å². The van der Waals surface area contributed by atoms with E-state index >= 15 is 0 Å². The predicted molar refractivity (Wildman–Crippen MR) is 161 cm³/mol. The van der Waals surface area contributed by atoms with Crippen molar-refractivity contribution in [3.05, 3.63) is 106 Å². The molecule has 5 rings (SSSR count). The lowest BCUT2D eigenvalue weighted by Crippen LogP contribution is -2.50. The van der Waals surface area contributed by atoms with Crippen LogP contribution in [-0.2, 0) is 26.6 Å². The number of aliphatic carboxylic acids is 1. The fourth-order valence-corrected chi connectivity index (χ4v) is 5.72. The van der Waals surface area contributed by atoms with Gasteiger partial charge in [0.1, 0.15) is 23.8 Å². The summed E-state index contributed by atoms with van der Waals surface area (Å²) in [6.07, 6.45) is 1.34. The van der Waals surface area contributed by atoms with E-state index in [2.05, 4.69) is 10.6 Å². The Morgan fingerprint density at radius 2 is 1.67 bits per heavy atom. The highest BCUT2D eigenvalue weighted by atomic mass is 32.2. The molecule has 0 radical (unpaired) electrons. The van der Waals surface area contributed by atoms with Crippen LogP contribution in [0.2, 0.25) is 0 Å². The van der Waals surface area contributed by atoms with Gasteiger partial charge in [0.25, 0.3) is 0 Å². The van der Waals surface area contributed by atoms with E-state index < -0.39 is 36.0 Å². The van der Waals surface area contributed by atoms with Crippen LogP contribution in [0.5, 0.6) is 0 Å². The molecule has 3 N–H and O–H groups in total. The largest absolute Gasteiger partial charge is 0.480 e. The van der Waals surface area contributed by atoms with Gasteiger partial charge in [-0.3, -0.25) is 14.4 Å². The third-order valence-electron chi connectivity index (χ3n) is 6.87. The van der Waals surface area contributed by atoms with Gasteiger partial charge in [0.2, 0.25) is 11.8 Å². The number of carboxylic acids is 1. The Morgan fingerprint density at radius 3 is 2.38 bits per heavy atom. The molecule has 5 aromatic rings. The number of benzene rings is 3. The third kappa shape index (κ3) is 6.55. The first-order valence-electron chi connectivity index (χ1n) is 13.2. The number of thioether (sulfide) groups is 1. The highest BCUT2D eigenvalue weighted by molar-refractivity contribution is 7.98. The molecule has 214 valence electrons. The van der Waals surface area contributed by atoms with Crippen LogP contribution >= 0.6 is 11.8 Å². The molecule has 42 heavy (non-hydrogen) atoms. The molecule has 0 aliphatic carbocycles. The van der Waals surface area contributed by atoms with Crippen molar-refractivity contribution in [2.24, 2.45) is 0 Å². The lowest BCUT2D eigenvalue weighted by molar-refractivity contribution is -0.138. The third-order valence-corrected chi connectivity index (χ3v) is 7.97. The number of amides is 2. The quantitative estimate of drug-likeness (QED) is 0.190. The molecule has 0 saturated heterocycles. The molecule has 0 saturated carbocycles. The van der Waals surface area contributed by atoms with Crippen molar-refractivity contribution in [2.75, 3.05) is 12.3 Å². The van der Waals surface area contributed by atoms with Crippen LogP contribution in [0.1, 0.15) is 16.7 Å². The van der Waals surface area contributed by atoms with Crippen LogP contribution in [0.25, 0.3) is 33.1 Å². The number of hydrogen-bond acceptors (Lipinski definition) is 7. The second kappa shape index (κ2) is 12.8. The molecule has 2 amide bonds. The van der Waals surface area contributed by atoms with Crippen LogP contribution < -0.4 is 16.3 Å². The van der Waals surface area contributed by atoms with Crippen molar-refractivity contribution in [3.63, 3.8) is 0 Å². The SMILES string of the molecule is Cc1c(CC(=O)NC(CSCc2ccccc2)C(=O)NCC(=O)O)c(=O)oc2cc3occ(-c4ccccc4)c3cc12. The van der Waals surface area contributed by atoms with Gasteiger partial charge in [-0.15, -0.1) is 0 Å². The summed E-state index contributed by atoms with van der Waals surface area (Å²) in [7, 11) is 0. The molecule has 9 nitrogen and oxygen atoms in total. The Hall–Kier alpha value is -4.83. The van der Waals surface area contributed by atoms with Gasteiger partial charge in [0, 0.05) is 33.9 Å². The molecule has 0 spiro atoms. The smallest absolute Gasteiger partial charge is 0.340 e. The molecule has 0 aliphatic heterocycles. The fraction of sp³-hybridized carbons (Fsp3) is 0.188. The van der Waals surface area contributed by atoms with E-state index in [1.807, 2.05) is 66.7 Å². The zero-order valence-electron chi connectivity index (χ0n) is 22.7. The number of hydrogen-bond donors (Lipinski definition) is 3. The van der Waals surface area contributed by atoms with E-state index in [9.17, 15) is 19.2 Å². The first kappa shape index (κ1) is 28.7. The minimum atomic E-state index is -1.20. The van der Waals surface area contributed by atoms with Gasteiger partial charge < -0.3 is 24.6 Å². The van der Waals surface area contributed by atoms with Crippen LogP contribution in [0.15, 0.2) is 92.7 Å². The Kier molecular flexibility index (Phi) is 8.73. The van der Waals surface area contributed by atoms with Gasteiger partial charge in [-0.2, -0.15) is 11.8 Å². The van der Waals surface area contributed by atoms with Crippen molar-refractivity contribution >= 4 is 51.5 Å². The zero-order valence-corrected chi connectivity index (χ0v) is 23.5. The van der Waals surface area contributed by atoms with E-state index in [-0.39, 0.29) is 17.7 Å². The summed E-state index contributed by atoms with van der Waals surface area (Å²) >= 11 is 1.42. The minimum absolute atomic E-state index is 0.172. The normalized spacial score (nSPS) is 11.8. The number of carbonyl (C=O) groups is 3. The van der Waals surface area contributed by atoms with Crippen LogP contribution in [0.4, 0.5) is 0 Å². The second-order valence-electron chi connectivity index (χ2n) is 9.76. The number of furan rings is 1. The van der Waals surface area contributed by atoms with E-state index in [1.165, 1.54) is 11.8 Å². The Balaban J connectivity index is 1.37. The maximum absolute atomic E-state index is 13.1. The van der Waals surface area contributed by atoms with Crippen molar-refractivity contribution in [2.45, 2.75) is 25.1 Å². The highest BCUT2D eigenvalue weighted by Gasteiger charge is 2.24. The van der Waals surface area contributed by atoms with E-state index in [1.54, 1.807) is 19.3 Å². The Morgan fingerprint density at radius 1 is 0.952 bits per heavy atom. The van der Waals surface area contributed by atoms with E-state index in [0.29, 0.717) is 27.9 Å². The lowest BCUT2D eigenvalue weighted by atomic mass is 9.99. The molecule has 2 heterocycles. The van der Waals surface area contributed by atoms with Crippen molar-refractivity contribution in [1.82, 2.24) is 10.6 Å². The summed E-state index contributed by atoms with van der Waals surface area (Å²) in [5.41, 5.74) is 3.92. The van der Waals surface area contributed by atoms with E-state index in [4.69, 9.17) is 13.9 Å². The second-order valence-corrected chi connectivity index (χ2v) is 10.8. The highest BCUT2D eigenvalue weighted by Crippen LogP contribution is 2.34. The molecule has 2 aromatic heterocycles. The number of fused-ring (bicyclic) bond motifs is 2. The molecule has 0 fully saturated rings. The summed E-state index contributed by atoms with van der Waals surface area (Å²) < 4.78 is 11.3. The lowest BCUT2D eigenvalue weighted by Gasteiger charge is -2.18. The topological polar surface area (TPSA) is 139 Å². The molecular formula is C32H28N2O7S. The minimum Gasteiger partial charge on any atom is -0.480 e. The van der Waals surface area contributed by atoms with Gasteiger partial charge in [0.05, 0.1) is 18.2 Å². The van der Waals surface area contributed by atoms with Crippen molar-refractivity contribution in [3.8, 4) is 11.1 Å². The maximum Gasteiger partial charge on any atom is 0.340 e. The first-order valence-corrected chi connectivity index (χ1v) is 14.4. The van der Waals surface area contributed by atoms with Gasteiger partial charge in [-0.05, 0) is 29.7 Å². The summed E-state index contributed by atoms with van der Waals surface area (Å²) in [6, 6.07) is 21.9. The maximum atomic E-state index is 13.1. The average molecular weight is 585 g/mol. The van der Waals surface area contributed by atoms with Gasteiger partial charge in [-0.25, -0.2) is 4.79 Å². The number of nitrogens with one attached hydrogen (secondary N) is 2. The molecule has 1 unspecified atom stereocenters. The first-order chi connectivity index (χ1) is 20.3. The molecular weight excluding hydrogens is 556 g/mol. The number of aryl methyl sites for hydroxylation is 1. The van der Waals surface area contributed by atoms with Crippen LogP contribution in [-0.4, -0.2) is 41.2 Å². The van der Waals surface area contributed by atoms with Gasteiger partial charge in [-0.1, -0.05) is 60.7 Å². The van der Waals surface area contributed by atoms with Crippen molar-refractivity contribution < 1.29 is 28.3 Å². The standard InChI is InChI=1S/C32H28N2O7S/c1-19-22-12-24-25(21-10-6-3-7-11-21)16-40-27(24)14-28(22)41-32(39)23(19)13-29(35)34-26(31(38)33-15-30(36)37)18-42-17-20-8-4-2-5-9-20/h2-12,14,16,26H,13,15,17-18H2,1H3,(H,33,38)(H,34,35)(H,36,37). The molecule has 0 aliphatic rings. The summed E-state index contributed by atoms with van der Waals surface area (Å²) in [5.74, 6) is -1.57. The zero-order chi connectivity index (χ0) is 29.6. The molecule has 1 atom stereocenters. The average Bonchev–Trinajstić information content (AvgIpc) is 3.40. The summed E-state index contributed by atoms with van der Waals surface area (Å²) in [6.45, 7) is 1.18. The fourth-order valence-electron chi connectivity index (χ4n) is 4.70. The van der Waals surface area contributed by atoms with Crippen LogP contribution in [0.3, 0.4) is 0 Å². The Labute approximate surface area is 244 Å². The monoisotopic (exact) mass is 584 g/mol. The summed E-state index contributed by atoms with van der Waals surface area (Å²) in [4.78, 5) is 49.8. The van der Waals surface area contributed by atoms with Crippen molar-refractivity contribution in [1.29, 1.82) is 0 Å².